The molecule has 2 rings (SSSR count). The maximum Gasteiger partial charge on any atom is 0.407 e. The largest absolute Gasteiger partial charge is 0.465 e. The average Bonchev–Trinajstić information content (AvgIpc) is 2.91. The molecule has 4 nitrogen and oxygen atoms in total. The van der Waals surface area contributed by atoms with E-state index in [4.69, 9.17) is 0 Å². The first-order chi connectivity index (χ1) is 12.1. The van der Waals surface area contributed by atoms with Gasteiger partial charge in [0, 0.05) is 6.04 Å². The lowest BCUT2D eigenvalue weighted by Crippen LogP contribution is -2.43. The number of aliphatic hydroxyl groups is 1. The van der Waals surface area contributed by atoms with Gasteiger partial charge >= 0.3 is 6.09 Å². The monoisotopic (exact) mass is 347 g/mol. The molecule has 4 heteroatoms. The Labute approximate surface area is 151 Å². The quantitative estimate of drug-likeness (QED) is 0.595. The average molecular weight is 347 g/mol. The van der Waals surface area contributed by atoms with Gasteiger partial charge in [-0.25, -0.2) is 4.79 Å². The highest BCUT2D eigenvalue weighted by Gasteiger charge is 2.42. The second kappa shape index (κ2) is 10.4. The number of rotatable bonds is 10. The molecule has 1 aliphatic rings. The number of carbonyl (C=O) groups is 1. The minimum absolute atomic E-state index is 0.0446. The molecule has 1 aliphatic heterocycles. The first-order valence-electron chi connectivity index (χ1n) is 9.86. The molecule has 0 spiro atoms. The fourth-order valence-electron chi connectivity index (χ4n) is 3.99. The molecule has 1 saturated heterocycles. The number of unbranched alkanes of at least 4 members (excludes halogenated alkanes) is 6. The molecule has 1 amide bonds. The van der Waals surface area contributed by atoms with E-state index in [1.807, 2.05) is 30.3 Å². The normalized spacial score (nSPS) is 23.1. The smallest absolute Gasteiger partial charge is 0.407 e. The zero-order valence-corrected chi connectivity index (χ0v) is 15.4. The highest BCUT2D eigenvalue weighted by atomic mass is 16.4. The van der Waals surface area contributed by atoms with E-state index < -0.39 is 12.2 Å². The Bertz CT molecular complexity index is 505. The summed E-state index contributed by atoms with van der Waals surface area (Å²) in [6, 6.07) is 9.49. The zero-order chi connectivity index (χ0) is 18.1. The zero-order valence-electron chi connectivity index (χ0n) is 15.4. The molecule has 1 fully saturated rings. The molecule has 1 aromatic carbocycles. The SMILES string of the molecule is CCCCCCCCC[C@@H]1C[C@H](O)[C@H](Cc2ccccc2)N1C(=O)O. The molecule has 2 N–H and O–H groups in total. The summed E-state index contributed by atoms with van der Waals surface area (Å²) in [6.45, 7) is 2.22. The van der Waals surface area contributed by atoms with Crippen LogP contribution >= 0.6 is 0 Å². The molecular weight excluding hydrogens is 314 g/mol. The van der Waals surface area contributed by atoms with Crippen LogP contribution in [0.2, 0.25) is 0 Å². The summed E-state index contributed by atoms with van der Waals surface area (Å²) in [6.07, 6.45) is 9.15. The lowest BCUT2D eigenvalue weighted by Gasteiger charge is -2.28. The van der Waals surface area contributed by atoms with Crippen molar-refractivity contribution in [2.45, 2.75) is 89.3 Å². The van der Waals surface area contributed by atoms with Crippen molar-refractivity contribution in [2.24, 2.45) is 0 Å². The lowest BCUT2D eigenvalue weighted by molar-refractivity contribution is 0.0913. The molecule has 1 heterocycles. The molecule has 1 aromatic rings. The molecule has 0 radical (unpaired) electrons. The van der Waals surface area contributed by atoms with Gasteiger partial charge < -0.3 is 10.2 Å². The summed E-state index contributed by atoms with van der Waals surface area (Å²) >= 11 is 0. The predicted octanol–water partition coefficient (Wildman–Crippen LogP) is 4.85. The highest BCUT2D eigenvalue weighted by Crippen LogP contribution is 2.30. The molecule has 140 valence electrons. The van der Waals surface area contributed by atoms with Crippen molar-refractivity contribution in [2.75, 3.05) is 0 Å². The van der Waals surface area contributed by atoms with Crippen LogP contribution in [0.5, 0.6) is 0 Å². The van der Waals surface area contributed by atoms with Gasteiger partial charge in [-0.05, 0) is 24.8 Å². The number of benzene rings is 1. The van der Waals surface area contributed by atoms with Gasteiger partial charge in [0.05, 0.1) is 12.1 Å². The molecule has 25 heavy (non-hydrogen) atoms. The number of hydrogen-bond acceptors (Lipinski definition) is 2. The number of hydrogen-bond donors (Lipinski definition) is 2. The summed E-state index contributed by atoms with van der Waals surface area (Å²) in [4.78, 5) is 13.3. The third kappa shape index (κ3) is 6.03. The van der Waals surface area contributed by atoms with Crippen molar-refractivity contribution in [1.82, 2.24) is 4.90 Å². The Morgan fingerprint density at radius 1 is 1.08 bits per heavy atom. The van der Waals surface area contributed by atoms with Crippen LogP contribution in [0.3, 0.4) is 0 Å². The van der Waals surface area contributed by atoms with Crippen molar-refractivity contribution in [3.8, 4) is 0 Å². The van der Waals surface area contributed by atoms with E-state index >= 15 is 0 Å². The van der Waals surface area contributed by atoms with E-state index in [0.29, 0.717) is 12.8 Å². The van der Waals surface area contributed by atoms with Crippen LogP contribution < -0.4 is 0 Å². The maximum absolute atomic E-state index is 11.8. The van der Waals surface area contributed by atoms with Crippen molar-refractivity contribution in [1.29, 1.82) is 0 Å². The maximum atomic E-state index is 11.8. The number of aliphatic hydroxyl groups excluding tert-OH is 1. The molecule has 3 atom stereocenters. The molecule has 0 saturated carbocycles. The molecule has 0 aromatic heterocycles. The van der Waals surface area contributed by atoms with Gasteiger partial charge in [-0.3, -0.25) is 4.90 Å². The first kappa shape index (κ1) is 19.8. The second-order valence-electron chi connectivity index (χ2n) is 7.31. The van der Waals surface area contributed by atoms with Gasteiger partial charge in [-0.1, -0.05) is 82.2 Å². The fraction of sp³-hybridized carbons (Fsp3) is 0.667. The van der Waals surface area contributed by atoms with Crippen LogP contribution in [-0.4, -0.2) is 39.4 Å². The van der Waals surface area contributed by atoms with Crippen molar-refractivity contribution < 1.29 is 15.0 Å². The standard InChI is InChI=1S/C21H33NO3/c1-2-3-4-5-6-7-11-14-18-16-20(23)19(22(18)21(24)25)15-17-12-9-8-10-13-17/h8-10,12-13,18-20,23H,2-7,11,14-16H2,1H3,(H,24,25)/t18-,19+,20+/m1/s1. The van der Waals surface area contributed by atoms with E-state index in [1.54, 1.807) is 0 Å². The lowest BCUT2D eigenvalue weighted by atomic mass is 10.0. The van der Waals surface area contributed by atoms with Crippen molar-refractivity contribution in [3.05, 3.63) is 35.9 Å². The van der Waals surface area contributed by atoms with Gasteiger partial charge in [0.25, 0.3) is 0 Å². The van der Waals surface area contributed by atoms with Crippen LogP contribution in [0.4, 0.5) is 4.79 Å². The Balaban J connectivity index is 1.83. The molecular formula is C21H33NO3. The van der Waals surface area contributed by atoms with Crippen molar-refractivity contribution in [3.63, 3.8) is 0 Å². The van der Waals surface area contributed by atoms with Gasteiger partial charge in [-0.2, -0.15) is 0 Å². The van der Waals surface area contributed by atoms with Crippen LogP contribution in [0.1, 0.15) is 70.3 Å². The van der Waals surface area contributed by atoms with Gasteiger partial charge in [0.15, 0.2) is 0 Å². The van der Waals surface area contributed by atoms with Gasteiger partial charge in [0.2, 0.25) is 0 Å². The summed E-state index contributed by atoms with van der Waals surface area (Å²) < 4.78 is 0. The van der Waals surface area contributed by atoms with E-state index in [9.17, 15) is 15.0 Å². The van der Waals surface area contributed by atoms with Crippen LogP contribution in [-0.2, 0) is 6.42 Å². The topological polar surface area (TPSA) is 60.8 Å². The summed E-state index contributed by atoms with van der Waals surface area (Å²) in [7, 11) is 0. The number of amides is 1. The molecule has 0 aliphatic carbocycles. The van der Waals surface area contributed by atoms with Crippen LogP contribution in [0.15, 0.2) is 30.3 Å². The highest BCUT2D eigenvalue weighted by molar-refractivity contribution is 5.66. The summed E-state index contributed by atoms with van der Waals surface area (Å²) in [5.41, 5.74) is 1.08. The summed E-state index contributed by atoms with van der Waals surface area (Å²) in [5, 5.41) is 20.1. The van der Waals surface area contributed by atoms with Gasteiger partial charge in [0.1, 0.15) is 0 Å². The number of nitrogens with zero attached hydrogens (tertiary/aromatic N) is 1. The third-order valence-electron chi connectivity index (χ3n) is 5.36. The van der Waals surface area contributed by atoms with E-state index in [1.165, 1.54) is 37.0 Å². The first-order valence-corrected chi connectivity index (χ1v) is 9.86. The van der Waals surface area contributed by atoms with Crippen LogP contribution in [0, 0.1) is 0 Å². The number of carboxylic acid groups (broad SMARTS) is 1. The van der Waals surface area contributed by atoms with E-state index in [2.05, 4.69) is 6.92 Å². The Morgan fingerprint density at radius 3 is 2.36 bits per heavy atom. The summed E-state index contributed by atoms with van der Waals surface area (Å²) in [5.74, 6) is 0. The third-order valence-corrected chi connectivity index (χ3v) is 5.36. The van der Waals surface area contributed by atoms with Crippen LogP contribution in [0.25, 0.3) is 0 Å². The molecule has 0 unspecified atom stereocenters. The second-order valence-corrected chi connectivity index (χ2v) is 7.31. The van der Waals surface area contributed by atoms with Gasteiger partial charge in [-0.15, -0.1) is 0 Å². The van der Waals surface area contributed by atoms with E-state index in [0.717, 1.165) is 24.8 Å². The van der Waals surface area contributed by atoms with E-state index in [-0.39, 0.29) is 12.1 Å². The minimum Gasteiger partial charge on any atom is -0.465 e. The fourth-order valence-corrected chi connectivity index (χ4v) is 3.99. The molecule has 0 bridgehead atoms. The number of likely N-dealkylation sites (tertiary alicyclic amines) is 1. The predicted molar refractivity (Wildman–Crippen MR) is 101 cm³/mol. The van der Waals surface area contributed by atoms with Crippen molar-refractivity contribution >= 4 is 6.09 Å². The Kier molecular flexibility index (Phi) is 8.26. The minimum atomic E-state index is -0.898. The Morgan fingerprint density at radius 2 is 1.72 bits per heavy atom. The Hall–Kier alpha value is -1.55.